The highest BCUT2D eigenvalue weighted by atomic mass is 28.3. The zero-order chi connectivity index (χ0) is 13.0. The van der Waals surface area contributed by atoms with Gasteiger partial charge in [-0.05, 0) is 29.6 Å². The second-order valence-electron chi connectivity index (χ2n) is 4.67. The SMILES string of the molecule is FC(F)(F)CCc1ccccc1[SiH]1CCCCO1. The Morgan fingerprint density at radius 3 is 2.61 bits per heavy atom. The van der Waals surface area contributed by atoms with E-state index < -0.39 is 21.6 Å². The average Bonchev–Trinajstić information content (AvgIpc) is 2.37. The van der Waals surface area contributed by atoms with Crippen LogP contribution in [0.2, 0.25) is 6.04 Å². The number of benzene rings is 1. The van der Waals surface area contributed by atoms with Gasteiger partial charge in [-0.2, -0.15) is 13.2 Å². The molecule has 0 bridgehead atoms. The van der Waals surface area contributed by atoms with E-state index in [1.165, 1.54) is 0 Å². The molecule has 0 amide bonds. The monoisotopic (exact) mass is 274 g/mol. The fraction of sp³-hybridized carbons (Fsp3) is 0.538. The van der Waals surface area contributed by atoms with E-state index in [1.807, 2.05) is 24.3 Å². The Morgan fingerprint density at radius 1 is 1.17 bits per heavy atom. The van der Waals surface area contributed by atoms with E-state index in [0.29, 0.717) is 0 Å². The van der Waals surface area contributed by atoms with Crippen molar-refractivity contribution in [2.24, 2.45) is 0 Å². The summed E-state index contributed by atoms with van der Waals surface area (Å²) in [5.74, 6) is 0. The lowest BCUT2D eigenvalue weighted by Gasteiger charge is -2.23. The summed E-state index contributed by atoms with van der Waals surface area (Å²) in [6, 6.07) is 8.52. The number of hydrogen-bond acceptors (Lipinski definition) is 1. The van der Waals surface area contributed by atoms with Crippen LogP contribution in [-0.4, -0.2) is 21.8 Å². The van der Waals surface area contributed by atoms with Crippen LogP contribution in [-0.2, 0) is 10.8 Å². The van der Waals surface area contributed by atoms with E-state index in [9.17, 15) is 13.2 Å². The molecule has 1 nitrogen and oxygen atoms in total. The molecule has 100 valence electrons. The normalized spacial score (nSPS) is 20.9. The molecule has 0 radical (unpaired) electrons. The van der Waals surface area contributed by atoms with Crippen molar-refractivity contribution in [3.63, 3.8) is 0 Å². The Labute approximate surface area is 107 Å². The summed E-state index contributed by atoms with van der Waals surface area (Å²) in [5.41, 5.74) is 0.827. The fourth-order valence-corrected chi connectivity index (χ4v) is 5.09. The van der Waals surface area contributed by atoms with Crippen molar-refractivity contribution in [2.45, 2.75) is 37.9 Å². The number of alkyl halides is 3. The second-order valence-corrected chi connectivity index (χ2v) is 7.18. The van der Waals surface area contributed by atoms with Crippen molar-refractivity contribution in [3.05, 3.63) is 29.8 Å². The quantitative estimate of drug-likeness (QED) is 0.770. The van der Waals surface area contributed by atoms with Crippen molar-refractivity contribution in [3.8, 4) is 0 Å². The summed E-state index contributed by atoms with van der Waals surface area (Å²) in [6.45, 7) is 0.768. The maximum Gasteiger partial charge on any atom is 0.389 e. The van der Waals surface area contributed by atoms with Crippen LogP contribution < -0.4 is 5.19 Å². The topological polar surface area (TPSA) is 9.23 Å². The lowest BCUT2D eigenvalue weighted by atomic mass is 10.1. The Balaban J connectivity index is 2.09. The van der Waals surface area contributed by atoms with Gasteiger partial charge in [0.05, 0.1) is 0 Å². The minimum atomic E-state index is -4.08. The van der Waals surface area contributed by atoms with Crippen molar-refractivity contribution in [2.75, 3.05) is 6.61 Å². The first-order valence-electron chi connectivity index (χ1n) is 6.32. The molecule has 1 atom stereocenters. The largest absolute Gasteiger partial charge is 0.415 e. The van der Waals surface area contributed by atoms with Crippen LogP contribution in [0.5, 0.6) is 0 Å². The number of halogens is 3. The van der Waals surface area contributed by atoms with Crippen LogP contribution in [0.1, 0.15) is 24.8 Å². The first-order valence-corrected chi connectivity index (χ1v) is 8.19. The molecule has 0 aromatic heterocycles. The molecule has 1 aliphatic heterocycles. The average molecular weight is 274 g/mol. The van der Waals surface area contributed by atoms with E-state index in [4.69, 9.17) is 4.43 Å². The molecular weight excluding hydrogens is 257 g/mol. The molecule has 0 N–H and O–H groups in total. The van der Waals surface area contributed by atoms with E-state index in [-0.39, 0.29) is 6.42 Å². The fourth-order valence-electron chi connectivity index (χ4n) is 2.34. The van der Waals surface area contributed by atoms with Gasteiger partial charge in [-0.25, -0.2) is 0 Å². The predicted octanol–water partition coefficient (Wildman–Crippen LogP) is 2.92. The van der Waals surface area contributed by atoms with Gasteiger partial charge in [0.2, 0.25) is 9.04 Å². The van der Waals surface area contributed by atoms with Crippen molar-refractivity contribution < 1.29 is 17.6 Å². The van der Waals surface area contributed by atoms with E-state index in [1.54, 1.807) is 0 Å². The third kappa shape index (κ3) is 3.85. The van der Waals surface area contributed by atoms with Gasteiger partial charge < -0.3 is 4.43 Å². The molecule has 2 rings (SSSR count). The highest BCUT2D eigenvalue weighted by Gasteiger charge is 2.28. The number of aryl methyl sites for hydroxylation is 1. The van der Waals surface area contributed by atoms with Gasteiger partial charge in [-0.1, -0.05) is 30.7 Å². The second kappa shape index (κ2) is 5.89. The molecule has 1 heterocycles. The summed E-state index contributed by atoms with van der Waals surface area (Å²) in [7, 11) is -1.48. The molecule has 1 fully saturated rings. The molecule has 1 aromatic rings. The third-order valence-corrected chi connectivity index (χ3v) is 6.09. The first-order chi connectivity index (χ1) is 8.56. The molecule has 0 saturated carbocycles. The van der Waals surface area contributed by atoms with Crippen LogP contribution in [0.25, 0.3) is 0 Å². The molecule has 0 aliphatic carbocycles. The van der Waals surface area contributed by atoms with Gasteiger partial charge in [0, 0.05) is 13.0 Å². The third-order valence-electron chi connectivity index (χ3n) is 3.26. The summed E-state index contributed by atoms with van der Waals surface area (Å²) in [6.07, 6.45) is -2.53. The van der Waals surface area contributed by atoms with Crippen molar-refractivity contribution >= 4 is 14.2 Å². The number of hydrogen-bond donors (Lipinski definition) is 0. The van der Waals surface area contributed by atoms with E-state index in [2.05, 4.69) is 0 Å². The maximum absolute atomic E-state index is 12.3. The Morgan fingerprint density at radius 2 is 1.94 bits per heavy atom. The van der Waals surface area contributed by atoms with Gasteiger partial charge >= 0.3 is 6.18 Å². The molecule has 5 heteroatoms. The van der Waals surface area contributed by atoms with Gasteiger partial charge in [-0.3, -0.25) is 0 Å². The van der Waals surface area contributed by atoms with Gasteiger partial charge in [-0.15, -0.1) is 0 Å². The van der Waals surface area contributed by atoms with Gasteiger partial charge in [0.1, 0.15) is 0 Å². The van der Waals surface area contributed by atoms with Crippen LogP contribution in [0.4, 0.5) is 13.2 Å². The minimum absolute atomic E-state index is 0.0759. The molecule has 1 aliphatic rings. The lowest BCUT2D eigenvalue weighted by molar-refractivity contribution is -0.133. The smallest absolute Gasteiger partial charge is 0.389 e. The standard InChI is InChI=1S/C13H17F3OSi/c14-13(15,16)8-7-11-5-1-2-6-12(11)18-10-4-3-9-17-18/h1-2,5-6,18H,3-4,7-10H2. The molecule has 0 spiro atoms. The molecule has 1 aromatic carbocycles. The zero-order valence-electron chi connectivity index (χ0n) is 10.2. The first kappa shape index (κ1) is 13.6. The highest BCUT2D eigenvalue weighted by molar-refractivity contribution is 6.68. The summed E-state index contributed by atoms with van der Waals surface area (Å²) in [4.78, 5) is 0. The van der Waals surface area contributed by atoms with E-state index >= 15 is 0 Å². The summed E-state index contributed by atoms with van der Waals surface area (Å²) in [5, 5.41) is 1.07. The maximum atomic E-state index is 12.3. The van der Waals surface area contributed by atoms with Crippen LogP contribution >= 0.6 is 0 Å². The highest BCUT2D eigenvalue weighted by Crippen LogP contribution is 2.22. The number of rotatable bonds is 3. The van der Waals surface area contributed by atoms with Crippen LogP contribution in [0.3, 0.4) is 0 Å². The van der Waals surface area contributed by atoms with Crippen LogP contribution in [0.15, 0.2) is 24.3 Å². The van der Waals surface area contributed by atoms with Crippen LogP contribution in [0, 0.1) is 0 Å². The lowest BCUT2D eigenvalue weighted by Crippen LogP contribution is -2.38. The summed E-state index contributed by atoms with van der Waals surface area (Å²) < 4.78 is 42.7. The zero-order valence-corrected chi connectivity index (χ0v) is 11.3. The van der Waals surface area contributed by atoms with Crippen molar-refractivity contribution in [1.29, 1.82) is 0 Å². The minimum Gasteiger partial charge on any atom is -0.415 e. The van der Waals surface area contributed by atoms with E-state index in [0.717, 1.165) is 36.2 Å². The van der Waals surface area contributed by atoms with Gasteiger partial charge in [0.25, 0.3) is 0 Å². The predicted molar refractivity (Wildman–Crippen MR) is 67.6 cm³/mol. The molecular formula is C13H17F3OSi. The molecule has 1 unspecified atom stereocenters. The van der Waals surface area contributed by atoms with Crippen molar-refractivity contribution in [1.82, 2.24) is 0 Å². The molecule has 1 saturated heterocycles. The Kier molecular flexibility index (Phi) is 4.45. The molecule has 18 heavy (non-hydrogen) atoms. The Hall–Kier alpha value is -0.813. The van der Waals surface area contributed by atoms with Gasteiger partial charge in [0.15, 0.2) is 0 Å². The summed E-state index contributed by atoms with van der Waals surface area (Å²) >= 11 is 0. The Bertz CT molecular complexity index is 386.